The number of nitrogens with zero attached hydrogens (tertiary/aromatic N) is 1. The van der Waals surface area contributed by atoms with Crippen LogP contribution in [0.5, 0.6) is 0 Å². The Kier molecular flexibility index (Phi) is 6.43. The number of H-pyrrole nitrogens is 1. The second-order valence-electron chi connectivity index (χ2n) is 9.20. The van der Waals surface area contributed by atoms with Gasteiger partial charge in [0.25, 0.3) is 5.56 Å². The molecule has 0 aliphatic carbocycles. The Morgan fingerprint density at radius 3 is 1.89 bits per heavy atom. The molecule has 1 unspecified atom stereocenters. The predicted octanol–water partition coefficient (Wildman–Crippen LogP) is 4.56. The fourth-order valence-electron chi connectivity index (χ4n) is 4.97. The third-order valence-corrected chi connectivity index (χ3v) is 6.59. The minimum absolute atomic E-state index is 0.0255. The summed E-state index contributed by atoms with van der Waals surface area (Å²) in [5.74, 6) is 0. The standard InChI is InChI=1S/C29H27FN2O4/c1-28(30)19-24(36-26(28)32-18-17-25(33)31-27(32)34)20-35-29(21-11-5-2-6-12-21,22-13-7-3-8-14-22)23-15-9-4-10-16-23/h2-18,24,26H,19-20H2,1H3,(H,31,33,34)/t24-,26?,28+/m0/s1. The van der Waals surface area contributed by atoms with E-state index >= 15 is 4.39 Å². The first kappa shape index (κ1) is 23.9. The topological polar surface area (TPSA) is 73.3 Å². The lowest BCUT2D eigenvalue weighted by molar-refractivity contribution is -0.0914. The first-order valence-electron chi connectivity index (χ1n) is 11.9. The van der Waals surface area contributed by atoms with Gasteiger partial charge in [-0.3, -0.25) is 14.3 Å². The number of rotatable bonds is 7. The highest BCUT2D eigenvalue weighted by molar-refractivity contribution is 5.47. The average Bonchev–Trinajstić information content (AvgIpc) is 3.20. The summed E-state index contributed by atoms with van der Waals surface area (Å²) in [4.78, 5) is 26.0. The number of hydrogen-bond donors (Lipinski definition) is 1. The highest BCUT2D eigenvalue weighted by Gasteiger charge is 2.48. The molecule has 7 heteroatoms. The molecule has 184 valence electrons. The van der Waals surface area contributed by atoms with E-state index in [9.17, 15) is 9.59 Å². The van der Waals surface area contributed by atoms with E-state index in [2.05, 4.69) is 4.98 Å². The molecule has 6 nitrogen and oxygen atoms in total. The van der Waals surface area contributed by atoms with Crippen LogP contribution in [-0.4, -0.2) is 27.9 Å². The van der Waals surface area contributed by atoms with Gasteiger partial charge in [-0.05, 0) is 23.6 Å². The van der Waals surface area contributed by atoms with Gasteiger partial charge in [0.15, 0.2) is 11.9 Å². The zero-order valence-electron chi connectivity index (χ0n) is 19.8. The number of benzene rings is 3. The Hall–Kier alpha value is -3.81. The number of nitrogens with one attached hydrogen (secondary N) is 1. The maximum Gasteiger partial charge on any atom is 0.330 e. The van der Waals surface area contributed by atoms with Crippen molar-refractivity contribution in [3.05, 3.63) is 141 Å². The molecule has 1 aliphatic rings. The third-order valence-electron chi connectivity index (χ3n) is 6.59. The van der Waals surface area contributed by atoms with E-state index in [0.717, 1.165) is 21.3 Å². The smallest absolute Gasteiger partial charge is 0.330 e. The maximum atomic E-state index is 15.6. The molecule has 2 heterocycles. The molecule has 3 aromatic carbocycles. The number of halogens is 1. The lowest BCUT2D eigenvalue weighted by Gasteiger charge is -2.36. The molecule has 0 spiro atoms. The van der Waals surface area contributed by atoms with Gasteiger partial charge in [-0.15, -0.1) is 0 Å². The van der Waals surface area contributed by atoms with Gasteiger partial charge in [0.1, 0.15) is 5.60 Å². The van der Waals surface area contributed by atoms with Gasteiger partial charge in [-0.2, -0.15) is 0 Å². The molecule has 0 amide bonds. The quantitative estimate of drug-likeness (QED) is 0.389. The highest BCUT2D eigenvalue weighted by atomic mass is 19.1. The normalized spacial score (nSPS) is 21.9. The Labute approximate surface area is 208 Å². The van der Waals surface area contributed by atoms with E-state index in [1.54, 1.807) is 0 Å². The largest absolute Gasteiger partial charge is 0.358 e. The van der Waals surface area contributed by atoms with Crippen molar-refractivity contribution >= 4 is 0 Å². The molecule has 1 aromatic heterocycles. The number of aromatic nitrogens is 2. The zero-order valence-corrected chi connectivity index (χ0v) is 19.8. The van der Waals surface area contributed by atoms with Crippen molar-refractivity contribution in [2.24, 2.45) is 0 Å². The van der Waals surface area contributed by atoms with Crippen molar-refractivity contribution < 1.29 is 13.9 Å². The molecule has 1 saturated heterocycles. The molecule has 1 fully saturated rings. The van der Waals surface area contributed by atoms with Crippen LogP contribution in [0.1, 0.15) is 36.3 Å². The molecule has 3 atom stereocenters. The summed E-state index contributed by atoms with van der Waals surface area (Å²) in [5.41, 5.74) is -1.29. The van der Waals surface area contributed by atoms with Gasteiger partial charge < -0.3 is 9.47 Å². The summed E-state index contributed by atoms with van der Waals surface area (Å²) >= 11 is 0. The Morgan fingerprint density at radius 2 is 1.42 bits per heavy atom. The van der Waals surface area contributed by atoms with Crippen LogP contribution in [0.25, 0.3) is 0 Å². The van der Waals surface area contributed by atoms with Gasteiger partial charge in [0.05, 0.1) is 12.7 Å². The van der Waals surface area contributed by atoms with Crippen LogP contribution in [0.15, 0.2) is 113 Å². The van der Waals surface area contributed by atoms with E-state index in [0.29, 0.717) is 0 Å². The molecule has 0 radical (unpaired) electrons. The molecule has 0 bridgehead atoms. The monoisotopic (exact) mass is 486 g/mol. The summed E-state index contributed by atoms with van der Waals surface area (Å²) in [6, 6.07) is 30.9. The molecular weight excluding hydrogens is 459 g/mol. The van der Waals surface area contributed by atoms with Crippen molar-refractivity contribution in [2.75, 3.05) is 6.61 Å². The molecule has 1 aliphatic heterocycles. The number of alkyl halides is 1. The van der Waals surface area contributed by atoms with Gasteiger partial charge in [0, 0.05) is 18.7 Å². The van der Waals surface area contributed by atoms with E-state index in [1.807, 2.05) is 91.0 Å². The van der Waals surface area contributed by atoms with Gasteiger partial charge in [0.2, 0.25) is 0 Å². The van der Waals surface area contributed by atoms with E-state index in [-0.39, 0.29) is 13.0 Å². The summed E-state index contributed by atoms with van der Waals surface area (Å²) < 4.78 is 29.5. The average molecular weight is 487 g/mol. The van der Waals surface area contributed by atoms with Crippen LogP contribution in [0, 0.1) is 0 Å². The van der Waals surface area contributed by atoms with Crippen molar-refractivity contribution in [2.45, 2.75) is 36.9 Å². The Balaban J connectivity index is 1.52. The van der Waals surface area contributed by atoms with Crippen molar-refractivity contribution in [1.82, 2.24) is 9.55 Å². The number of aromatic amines is 1. The van der Waals surface area contributed by atoms with Crippen LogP contribution in [0.2, 0.25) is 0 Å². The highest BCUT2D eigenvalue weighted by Crippen LogP contribution is 2.44. The summed E-state index contributed by atoms with van der Waals surface area (Å²) in [7, 11) is 0. The minimum Gasteiger partial charge on any atom is -0.358 e. The zero-order chi connectivity index (χ0) is 25.2. The summed E-state index contributed by atoms with van der Waals surface area (Å²) in [6.07, 6.45) is -0.526. The van der Waals surface area contributed by atoms with Crippen LogP contribution < -0.4 is 11.2 Å². The van der Waals surface area contributed by atoms with Crippen LogP contribution in [-0.2, 0) is 15.1 Å². The first-order valence-corrected chi connectivity index (χ1v) is 11.9. The molecule has 36 heavy (non-hydrogen) atoms. The predicted molar refractivity (Wildman–Crippen MR) is 135 cm³/mol. The molecule has 4 aromatic rings. The lowest BCUT2D eigenvalue weighted by Crippen LogP contribution is -2.38. The fourth-order valence-corrected chi connectivity index (χ4v) is 4.97. The number of hydrogen-bond acceptors (Lipinski definition) is 4. The van der Waals surface area contributed by atoms with Crippen molar-refractivity contribution in [1.29, 1.82) is 0 Å². The second-order valence-corrected chi connectivity index (χ2v) is 9.20. The van der Waals surface area contributed by atoms with E-state index < -0.39 is 34.9 Å². The summed E-state index contributed by atoms with van der Waals surface area (Å²) in [6.45, 7) is 1.47. The molecular formula is C29H27FN2O4. The molecule has 1 N–H and O–H groups in total. The maximum absolute atomic E-state index is 15.6. The third kappa shape index (κ3) is 4.43. The van der Waals surface area contributed by atoms with Gasteiger partial charge >= 0.3 is 5.69 Å². The van der Waals surface area contributed by atoms with E-state index in [4.69, 9.17) is 9.47 Å². The summed E-state index contributed by atoms with van der Waals surface area (Å²) in [5, 5.41) is 0. The van der Waals surface area contributed by atoms with Gasteiger partial charge in [-0.1, -0.05) is 91.0 Å². The van der Waals surface area contributed by atoms with E-state index in [1.165, 1.54) is 19.2 Å². The fraction of sp³-hybridized carbons (Fsp3) is 0.241. The van der Waals surface area contributed by atoms with Gasteiger partial charge in [-0.25, -0.2) is 9.18 Å². The molecule has 0 saturated carbocycles. The second kappa shape index (κ2) is 9.68. The Morgan fingerprint density at radius 1 is 0.917 bits per heavy atom. The first-order chi connectivity index (χ1) is 17.4. The lowest BCUT2D eigenvalue weighted by atomic mass is 9.80. The number of ether oxygens (including phenoxy) is 2. The Bertz CT molecular complexity index is 1320. The SMILES string of the molecule is C[C@@]1(F)C[C@@H](COC(c2ccccc2)(c2ccccc2)c2ccccc2)OC1n1ccc(=O)[nH]c1=O. The van der Waals surface area contributed by atoms with Crippen LogP contribution in [0.3, 0.4) is 0 Å². The van der Waals surface area contributed by atoms with Crippen LogP contribution in [0.4, 0.5) is 4.39 Å². The van der Waals surface area contributed by atoms with Crippen LogP contribution >= 0.6 is 0 Å². The minimum atomic E-state index is -1.84. The molecule has 5 rings (SSSR count). The van der Waals surface area contributed by atoms with Crippen molar-refractivity contribution in [3.63, 3.8) is 0 Å². The van der Waals surface area contributed by atoms with Crippen molar-refractivity contribution in [3.8, 4) is 0 Å².